The molecule has 4 nitrogen and oxygen atoms in total. The summed E-state index contributed by atoms with van der Waals surface area (Å²) in [5.74, 6) is -1.19. The molecule has 1 aromatic carbocycles. The Labute approximate surface area is 130 Å². The van der Waals surface area contributed by atoms with E-state index in [2.05, 4.69) is 15.1 Å². The van der Waals surface area contributed by atoms with Crippen molar-refractivity contribution in [3.63, 3.8) is 0 Å². The number of nitrogens with zero attached hydrogens (tertiary/aromatic N) is 2. The Bertz CT molecular complexity index is 512. The van der Waals surface area contributed by atoms with Gasteiger partial charge in [-0.3, -0.25) is 9.80 Å². The van der Waals surface area contributed by atoms with Crippen LogP contribution in [0.4, 0.5) is 8.78 Å². The van der Waals surface area contributed by atoms with E-state index in [1.807, 2.05) is 0 Å². The van der Waals surface area contributed by atoms with E-state index < -0.39 is 11.6 Å². The highest BCUT2D eigenvalue weighted by molar-refractivity contribution is 5.35. The summed E-state index contributed by atoms with van der Waals surface area (Å²) in [6, 6.07) is 3.24. The van der Waals surface area contributed by atoms with E-state index in [4.69, 9.17) is 4.74 Å². The molecule has 3 rings (SSSR count). The molecule has 2 fully saturated rings. The number of benzene rings is 1. The Morgan fingerprint density at radius 3 is 2.64 bits per heavy atom. The molecular weight excluding hydrogens is 288 g/mol. The minimum Gasteiger partial charge on any atom is -0.496 e. The van der Waals surface area contributed by atoms with Gasteiger partial charge in [-0.15, -0.1) is 0 Å². The number of hydrogen-bond donors (Lipinski definition) is 1. The van der Waals surface area contributed by atoms with Gasteiger partial charge in [-0.25, -0.2) is 8.78 Å². The number of nitrogens with one attached hydrogen (secondary N) is 1. The van der Waals surface area contributed by atoms with Gasteiger partial charge in [0.15, 0.2) is 11.6 Å². The molecular formula is C16H23F2N3O. The van der Waals surface area contributed by atoms with Crippen molar-refractivity contribution in [2.75, 3.05) is 46.4 Å². The number of piperazine rings is 1. The molecule has 0 radical (unpaired) electrons. The molecule has 1 aromatic rings. The minimum absolute atomic E-state index is 0.318. The zero-order valence-corrected chi connectivity index (χ0v) is 12.9. The van der Waals surface area contributed by atoms with Gasteiger partial charge in [0.1, 0.15) is 5.75 Å². The summed E-state index contributed by atoms with van der Waals surface area (Å²) in [4.78, 5) is 4.66. The number of halogens is 2. The van der Waals surface area contributed by atoms with Crippen molar-refractivity contribution in [1.82, 2.24) is 15.1 Å². The van der Waals surface area contributed by atoms with Gasteiger partial charge in [-0.1, -0.05) is 0 Å². The molecule has 0 saturated carbocycles. The number of methoxy groups -OCH3 is 1. The molecule has 6 heteroatoms. The first-order valence-electron chi connectivity index (χ1n) is 7.87. The van der Waals surface area contributed by atoms with E-state index in [9.17, 15) is 8.78 Å². The van der Waals surface area contributed by atoms with Crippen molar-refractivity contribution in [1.29, 1.82) is 0 Å². The Kier molecular flexibility index (Phi) is 4.90. The predicted octanol–water partition coefficient (Wildman–Crippen LogP) is 1.45. The average Bonchev–Trinajstić information content (AvgIpc) is 3.07. The first kappa shape index (κ1) is 15.6. The Hall–Kier alpha value is -1.24. The molecule has 2 heterocycles. The van der Waals surface area contributed by atoms with Crippen molar-refractivity contribution in [3.8, 4) is 5.75 Å². The maximum absolute atomic E-state index is 14.0. The van der Waals surface area contributed by atoms with E-state index in [0.717, 1.165) is 45.3 Å². The van der Waals surface area contributed by atoms with Crippen molar-refractivity contribution < 1.29 is 13.5 Å². The summed E-state index contributed by atoms with van der Waals surface area (Å²) in [5.41, 5.74) is 0.318. The fourth-order valence-corrected chi connectivity index (χ4v) is 3.37. The monoisotopic (exact) mass is 311 g/mol. The molecule has 2 saturated heterocycles. The summed E-state index contributed by atoms with van der Waals surface area (Å²) in [6.45, 7) is 6.24. The van der Waals surface area contributed by atoms with Crippen LogP contribution in [0.1, 0.15) is 12.0 Å². The summed E-state index contributed by atoms with van der Waals surface area (Å²) in [6.07, 6.45) is 1.20. The van der Waals surface area contributed by atoms with Gasteiger partial charge in [-0.2, -0.15) is 0 Å². The number of ether oxygens (including phenoxy) is 1. The lowest BCUT2D eigenvalue weighted by Crippen LogP contribution is -2.50. The summed E-state index contributed by atoms with van der Waals surface area (Å²) < 4.78 is 32.7. The van der Waals surface area contributed by atoms with Crippen LogP contribution in [-0.2, 0) is 6.54 Å². The van der Waals surface area contributed by atoms with Crippen LogP contribution in [-0.4, -0.2) is 62.2 Å². The van der Waals surface area contributed by atoms with Gasteiger partial charge in [0.25, 0.3) is 0 Å². The molecule has 1 N–H and O–H groups in total. The third-order valence-electron chi connectivity index (χ3n) is 4.71. The second-order valence-corrected chi connectivity index (χ2v) is 6.00. The highest BCUT2D eigenvalue weighted by Crippen LogP contribution is 2.25. The molecule has 122 valence electrons. The molecule has 0 unspecified atom stereocenters. The first-order valence-corrected chi connectivity index (χ1v) is 7.87. The molecule has 1 atom stereocenters. The Morgan fingerprint density at radius 2 is 2.00 bits per heavy atom. The highest BCUT2D eigenvalue weighted by atomic mass is 19.2. The van der Waals surface area contributed by atoms with Crippen LogP contribution in [0.15, 0.2) is 12.1 Å². The van der Waals surface area contributed by atoms with Crippen molar-refractivity contribution in [3.05, 3.63) is 29.3 Å². The van der Waals surface area contributed by atoms with Gasteiger partial charge < -0.3 is 10.1 Å². The Balaban J connectivity index is 1.62. The van der Waals surface area contributed by atoms with Crippen molar-refractivity contribution in [2.45, 2.75) is 19.0 Å². The molecule has 0 bridgehead atoms. The third kappa shape index (κ3) is 3.24. The zero-order valence-electron chi connectivity index (χ0n) is 12.9. The van der Waals surface area contributed by atoms with E-state index in [1.165, 1.54) is 19.6 Å². The molecule has 22 heavy (non-hydrogen) atoms. The summed E-state index contributed by atoms with van der Waals surface area (Å²) in [7, 11) is 1.49. The topological polar surface area (TPSA) is 27.7 Å². The fraction of sp³-hybridized carbons (Fsp3) is 0.625. The van der Waals surface area contributed by atoms with Gasteiger partial charge in [0.2, 0.25) is 0 Å². The number of rotatable bonds is 4. The van der Waals surface area contributed by atoms with Crippen LogP contribution in [0.25, 0.3) is 0 Å². The van der Waals surface area contributed by atoms with Crippen molar-refractivity contribution in [2.24, 2.45) is 0 Å². The predicted molar refractivity (Wildman–Crippen MR) is 81.0 cm³/mol. The molecule has 0 aromatic heterocycles. The number of hydrogen-bond acceptors (Lipinski definition) is 4. The third-order valence-corrected chi connectivity index (χ3v) is 4.71. The second-order valence-electron chi connectivity index (χ2n) is 6.00. The van der Waals surface area contributed by atoms with Crippen LogP contribution in [0.2, 0.25) is 0 Å². The molecule has 0 amide bonds. The maximum atomic E-state index is 14.0. The lowest BCUT2D eigenvalue weighted by Gasteiger charge is -2.38. The van der Waals surface area contributed by atoms with Crippen LogP contribution in [0.5, 0.6) is 5.75 Å². The van der Waals surface area contributed by atoms with Gasteiger partial charge in [-0.05, 0) is 25.1 Å². The summed E-state index contributed by atoms with van der Waals surface area (Å²) in [5, 5.41) is 3.39. The van der Waals surface area contributed by atoms with Crippen LogP contribution in [0, 0.1) is 11.6 Å². The smallest absolute Gasteiger partial charge is 0.167 e. The normalized spacial score (nSPS) is 23.9. The van der Waals surface area contributed by atoms with E-state index in [1.54, 1.807) is 0 Å². The van der Waals surface area contributed by atoms with Crippen LogP contribution in [0.3, 0.4) is 0 Å². The second kappa shape index (κ2) is 6.89. The zero-order chi connectivity index (χ0) is 15.5. The quantitative estimate of drug-likeness (QED) is 0.911. The molecule has 2 aliphatic rings. The standard InChI is InChI=1S/C16H23F2N3O/c1-22-15-3-2-14(17)16(18)13(15)11-20-6-8-21(9-7-20)12-4-5-19-10-12/h2-3,12,19H,4-11H2,1H3/t12-/m0/s1. The lowest BCUT2D eigenvalue weighted by atomic mass is 10.1. The Morgan fingerprint density at radius 1 is 1.23 bits per heavy atom. The minimum atomic E-state index is -0.813. The fourth-order valence-electron chi connectivity index (χ4n) is 3.37. The SMILES string of the molecule is COc1ccc(F)c(F)c1CN1CCN([C@H]2CCNC2)CC1. The summed E-state index contributed by atoms with van der Waals surface area (Å²) >= 11 is 0. The van der Waals surface area contributed by atoms with Gasteiger partial charge in [0.05, 0.1) is 7.11 Å². The molecule has 0 spiro atoms. The molecule has 2 aliphatic heterocycles. The van der Waals surface area contributed by atoms with Crippen molar-refractivity contribution >= 4 is 0 Å². The average molecular weight is 311 g/mol. The van der Waals surface area contributed by atoms with Crippen LogP contribution < -0.4 is 10.1 Å². The van der Waals surface area contributed by atoms with Gasteiger partial charge in [0, 0.05) is 50.9 Å². The first-order chi connectivity index (χ1) is 10.7. The van der Waals surface area contributed by atoms with E-state index in [0.29, 0.717) is 23.9 Å². The van der Waals surface area contributed by atoms with E-state index >= 15 is 0 Å². The van der Waals surface area contributed by atoms with Gasteiger partial charge >= 0.3 is 0 Å². The van der Waals surface area contributed by atoms with Crippen LogP contribution >= 0.6 is 0 Å². The van der Waals surface area contributed by atoms with E-state index in [-0.39, 0.29) is 0 Å². The lowest BCUT2D eigenvalue weighted by molar-refractivity contribution is 0.0966. The maximum Gasteiger partial charge on any atom is 0.167 e. The largest absolute Gasteiger partial charge is 0.496 e. The molecule has 0 aliphatic carbocycles. The highest BCUT2D eigenvalue weighted by Gasteiger charge is 2.27.